The second-order valence-corrected chi connectivity index (χ2v) is 7.33. The number of carbonyl (C=O) groups excluding carboxylic acids is 1. The molecule has 0 saturated carbocycles. The highest BCUT2D eigenvalue weighted by molar-refractivity contribution is 6.31. The van der Waals surface area contributed by atoms with Crippen molar-refractivity contribution >= 4 is 23.2 Å². The van der Waals surface area contributed by atoms with Crippen LogP contribution in [0.3, 0.4) is 0 Å². The minimum Gasteiger partial charge on any atom is -0.374 e. The van der Waals surface area contributed by atoms with Crippen molar-refractivity contribution in [1.29, 1.82) is 0 Å². The number of hydrogen-bond donors (Lipinski definition) is 2. The number of aromatic nitrogens is 3. The number of aryl methyl sites for hydroxylation is 1. The van der Waals surface area contributed by atoms with Crippen LogP contribution in [0, 0.1) is 0 Å². The summed E-state index contributed by atoms with van der Waals surface area (Å²) in [5.41, 5.74) is -3.14. The number of benzene rings is 1. The third-order valence-corrected chi connectivity index (χ3v) is 5.01. The van der Waals surface area contributed by atoms with Crippen LogP contribution in [0.15, 0.2) is 59.8 Å². The van der Waals surface area contributed by atoms with Crippen molar-refractivity contribution < 1.29 is 23.1 Å². The number of pyridine rings is 1. The number of hydrogen-bond acceptors (Lipinski definition) is 4. The van der Waals surface area contributed by atoms with E-state index in [1.165, 1.54) is 36.1 Å². The highest BCUT2D eigenvalue weighted by atomic mass is 35.5. The van der Waals surface area contributed by atoms with Crippen molar-refractivity contribution in [2.24, 2.45) is 7.05 Å². The maximum atomic E-state index is 13.6. The molecular weight excluding hydrogens is 437 g/mol. The molecule has 0 saturated heterocycles. The summed E-state index contributed by atoms with van der Waals surface area (Å²) in [5.74, 6) is -1.82. The molecule has 0 aliphatic heterocycles. The molecular formula is C20H18ClF3N4O3. The molecule has 2 heterocycles. The molecule has 0 aliphatic rings. The van der Waals surface area contributed by atoms with Crippen LogP contribution in [-0.4, -0.2) is 31.3 Å². The summed E-state index contributed by atoms with van der Waals surface area (Å²) in [6.07, 6.45) is -2.85. The standard InChI is InChI=1S/C20H18ClF3N4O3/c1-27-9-8-25-18(27)19(31,20(22,23)24)10-16(29)26-14-6-7-17(30)28(12-14)11-13-4-2-3-5-15(13)21/h2-9,12,31H,10-11H2,1H3,(H,26,29). The summed E-state index contributed by atoms with van der Waals surface area (Å²) in [4.78, 5) is 28.1. The van der Waals surface area contributed by atoms with Crippen LogP contribution in [0.1, 0.15) is 17.8 Å². The predicted octanol–water partition coefficient (Wildman–Crippen LogP) is 3.06. The van der Waals surface area contributed by atoms with E-state index in [1.54, 1.807) is 24.3 Å². The molecule has 0 spiro atoms. The van der Waals surface area contributed by atoms with E-state index >= 15 is 0 Å². The molecule has 0 radical (unpaired) electrons. The van der Waals surface area contributed by atoms with Gasteiger partial charge in [0.25, 0.3) is 5.56 Å². The Labute approximate surface area is 179 Å². The minimum absolute atomic E-state index is 0.0843. The lowest BCUT2D eigenvalue weighted by Gasteiger charge is -2.29. The predicted molar refractivity (Wildman–Crippen MR) is 108 cm³/mol. The molecule has 3 rings (SSSR count). The Kier molecular flexibility index (Phi) is 6.23. The topological polar surface area (TPSA) is 89.2 Å². The van der Waals surface area contributed by atoms with E-state index in [0.717, 1.165) is 10.8 Å². The number of aliphatic hydroxyl groups is 1. The summed E-state index contributed by atoms with van der Waals surface area (Å²) < 4.78 is 43.1. The molecule has 0 fully saturated rings. The van der Waals surface area contributed by atoms with Gasteiger partial charge < -0.3 is 19.6 Å². The summed E-state index contributed by atoms with van der Waals surface area (Å²) in [7, 11) is 1.28. The van der Waals surface area contributed by atoms with Gasteiger partial charge in [0.2, 0.25) is 11.5 Å². The summed E-state index contributed by atoms with van der Waals surface area (Å²) in [6.45, 7) is 0.0992. The molecule has 2 aromatic heterocycles. The van der Waals surface area contributed by atoms with Crippen molar-refractivity contribution in [3.63, 3.8) is 0 Å². The zero-order valence-electron chi connectivity index (χ0n) is 16.2. The Balaban J connectivity index is 1.82. The van der Waals surface area contributed by atoms with Gasteiger partial charge in [-0.25, -0.2) is 4.98 Å². The van der Waals surface area contributed by atoms with Crippen LogP contribution >= 0.6 is 11.6 Å². The second-order valence-electron chi connectivity index (χ2n) is 6.92. The van der Waals surface area contributed by atoms with E-state index in [2.05, 4.69) is 10.3 Å². The molecule has 1 unspecified atom stereocenters. The highest BCUT2D eigenvalue weighted by Gasteiger charge is 2.58. The van der Waals surface area contributed by atoms with E-state index in [-0.39, 0.29) is 12.2 Å². The fourth-order valence-electron chi connectivity index (χ4n) is 3.05. The van der Waals surface area contributed by atoms with Crippen molar-refractivity contribution in [3.05, 3.63) is 81.8 Å². The van der Waals surface area contributed by atoms with Gasteiger partial charge in [0.1, 0.15) is 0 Å². The average molecular weight is 455 g/mol. The van der Waals surface area contributed by atoms with Crippen molar-refractivity contribution in [1.82, 2.24) is 14.1 Å². The summed E-state index contributed by atoms with van der Waals surface area (Å²) in [5, 5.41) is 13.1. The number of alkyl halides is 3. The van der Waals surface area contributed by atoms with Crippen LogP contribution in [0.5, 0.6) is 0 Å². The van der Waals surface area contributed by atoms with Gasteiger partial charge >= 0.3 is 6.18 Å². The van der Waals surface area contributed by atoms with Crippen molar-refractivity contribution in [2.75, 3.05) is 5.32 Å². The van der Waals surface area contributed by atoms with E-state index in [1.807, 2.05) is 0 Å². The largest absolute Gasteiger partial charge is 0.425 e. The van der Waals surface area contributed by atoms with E-state index in [4.69, 9.17) is 11.6 Å². The Morgan fingerprint density at radius 2 is 1.94 bits per heavy atom. The number of nitrogens with zero attached hydrogens (tertiary/aromatic N) is 3. The molecule has 0 aliphatic carbocycles. The number of anilines is 1. The van der Waals surface area contributed by atoms with E-state index in [9.17, 15) is 27.9 Å². The Morgan fingerprint density at radius 3 is 2.55 bits per heavy atom. The summed E-state index contributed by atoms with van der Waals surface area (Å²) >= 11 is 6.10. The van der Waals surface area contributed by atoms with E-state index in [0.29, 0.717) is 10.6 Å². The first-order valence-electron chi connectivity index (χ1n) is 9.02. The van der Waals surface area contributed by atoms with Gasteiger partial charge in [0.05, 0.1) is 18.7 Å². The molecule has 1 aromatic carbocycles. The third kappa shape index (κ3) is 4.80. The average Bonchev–Trinajstić information content (AvgIpc) is 3.11. The smallest absolute Gasteiger partial charge is 0.374 e. The van der Waals surface area contributed by atoms with Crippen LogP contribution in [0.2, 0.25) is 5.02 Å². The van der Waals surface area contributed by atoms with Crippen molar-refractivity contribution in [2.45, 2.75) is 24.7 Å². The lowest BCUT2D eigenvalue weighted by atomic mass is 9.97. The molecule has 164 valence electrons. The molecule has 3 aromatic rings. The van der Waals surface area contributed by atoms with Crippen LogP contribution in [0.4, 0.5) is 18.9 Å². The van der Waals surface area contributed by atoms with Crippen LogP contribution in [0.25, 0.3) is 0 Å². The minimum atomic E-state index is -5.15. The number of carbonyl (C=O) groups is 1. The Morgan fingerprint density at radius 1 is 1.23 bits per heavy atom. The monoisotopic (exact) mass is 454 g/mol. The van der Waals surface area contributed by atoms with E-state index < -0.39 is 35.5 Å². The van der Waals surface area contributed by atoms with Gasteiger partial charge in [-0.2, -0.15) is 13.2 Å². The van der Waals surface area contributed by atoms with Gasteiger partial charge in [0, 0.05) is 36.7 Å². The number of amides is 1. The molecule has 2 N–H and O–H groups in total. The molecule has 31 heavy (non-hydrogen) atoms. The van der Waals surface area contributed by atoms with Gasteiger partial charge in [-0.05, 0) is 17.7 Å². The zero-order valence-corrected chi connectivity index (χ0v) is 17.0. The van der Waals surface area contributed by atoms with Crippen LogP contribution < -0.4 is 10.9 Å². The first kappa shape index (κ1) is 22.6. The quantitative estimate of drug-likeness (QED) is 0.599. The fourth-order valence-corrected chi connectivity index (χ4v) is 3.24. The Hall–Kier alpha value is -3.11. The Bertz CT molecular complexity index is 1160. The molecule has 1 amide bonds. The van der Waals surface area contributed by atoms with Gasteiger partial charge in [-0.15, -0.1) is 0 Å². The summed E-state index contributed by atoms with van der Waals surface area (Å²) in [6, 6.07) is 9.28. The number of rotatable bonds is 6. The number of imidazole rings is 1. The lowest BCUT2D eigenvalue weighted by Crippen LogP contribution is -2.46. The highest BCUT2D eigenvalue weighted by Crippen LogP contribution is 2.40. The fraction of sp³-hybridized carbons (Fsp3) is 0.250. The number of halogens is 4. The first-order chi connectivity index (χ1) is 14.5. The molecule has 1 atom stereocenters. The zero-order chi connectivity index (χ0) is 22.8. The SMILES string of the molecule is Cn1ccnc1C(O)(CC(=O)Nc1ccc(=O)n(Cc2ccccc2Cl)c1)C(F)(F)F. The van der Waals surface area contributed by atoms with Gasteiger partial charge in [-0.1, -0.05) is 29.8 Å². The van der Waals surface area contributed by atoms with Crippen LogP contribution in [-0.2, 0) is 24.0 Å². The molecule has 7 nitrogen and oxygen atoms in total. The number of nitrogens with one attached hydrogen (secondary N) is 1. The lowest BCUT2D eigenvalue weighted by molar-refractivity contribution is -0.270. The molecule has 0 bridgehead atoms. The maximum Gasteiger partial charge on any atom is 0.425 e. The normalized spacial score (nSPS) is 13.6. The third-order valence-electron chi connectivity index (χ3n) is 4.64. The van der Waals surface area contributed by atoms with Gasteiger partial charge in [0.15, 0.2) is 5.82 Å². The first-order valence-corrected chi connectivity index (χ1v) is 9.40. The van der Waals surface area contributed by atoms with Crippen molar-refractivity contribution in [3.8, 4) is 0 Å². The molecule has 11 heteroatoms. The van der Waals surface area contributed by atoms with Gasteiger partial charge in [-0.3, -0.25) is 9.59 Å². The maximum absolute atomic E-state index is 13.6. The second kappa shape index (κ2) is 8.56.